The van der Waals surface area contributed by atoms with Crippen LogP contribution in [-0.2, 0) is 6.42 Å². The molecule has 1 N–H and O–H groups in total. The zero-order valence-corrected chi connectivity index (χ0v) is 16.1. The Kier molecular flexibility index (Phi) is 8.51. The molecule has 1 fully saturated rings. The van der Waals surface area contributed by atoms with E-state index in [-0.39, 0.29) is 24.8 Å². The van der Waals surface area contributed by atoms with Gasteiger partial charge in [-0.25, -0.2) is 4.98 Å². The first-order valence-electron chi connectivity index (χ1n) is 7.67. The summed E-state index contributed by atoms with van der Waals surface area (Å²) in [5.74, 6) is 0. The molecule has 0 amide bonds. The van der Waals surface area contributed by atoms with Gasteiger partial charge in [0.2, 0.25) is 0 Å². The molecule has 1 aromatic heterocycles. The Balaban J connectivity index is 0.00000132. The highest BCUT2D eigenvalue weighted by molar-refractivity contribution is 7.09. The van der Waals surface area contributed by atoms with Crippen molar-refractivity contribution in [3.05, 3.63) is 39.7 Å². The molecule has 23 heavy (non-hydrogen) atoms. The van der Waals surface area contributed by atoms with E-state index >= 15 is 0 Å². The first-order chi connectivity index (χ1) is 10.2. The molecule has 128 valence electrons. The SMILES string of the molecule is Cc1ccc(C)c(-c2csc(CCN3CCNCC3)n2)c1.Cl.Cl. The Bertz CT molecular complexity index is 610. The van der Waals surface area contributed by atoms with Crippen LogP contribution in [0.2, 0.25) is 0 Å². The second kappa shape index (κ2) is 9.60. The minimum atomic E-state index is 0. The lowest BCUT2D eigenvalue weighted by Crippen LogP contribution is -2.44. The minimum absolute atomic E-state index is 0. The number of rotatable bonds is 4. The van der Waals surface area contributed by atoms with Gasteiger partial charge in [0.25, 0.3) is 0 Å². The number of piperazine rings is 1. The third-order valence-corrected chi connectivity index (χ3v) is 4.98. The molecule has 0 saturated carbocycles. The average Bonchev–Trinajstić information content (AvgIpc) is 2.97. The summed E-state index contributed by atoms with van der Waals surface area (Å²) >= 11 is 1.79. The van der Waals surface area contributed by atoms with Crippen molar-refractivity contribution < 1.29 is 0 Å². The summed E-state index contributed by atoms with van der Waals surface area (Å²) in [5, 5.41) is 6.85. The molecular weight excluding hydrogens is 349 g/mol. The molecule has 3 rings (SSSR count). The van der Waals surface area contributed by atoms with Gasteiger partial charge in [0.05, 0.1) is 10.7 Å². The number of aryl methyl sites for hydroxylation is 2. The highest BCUT2D eigenvalue weighted by Gasteiger charge is 2.11. The van der Waals surface area contributed by atoms with Crippen molar-refractivity contribution in [1.82, 2.24) is 15.2 Å². The third-order valence-electron chi connectivity index (χ3n) is 4.07. The molecule has 0 unspecified atom stereocenters. The molecule has 2 heterocycles. The average molecular weight is 374 g/mol. The molecular formula is C17H25Cl2N3S. The largest absolute Gasteiger partial charge is 0.314 e. The van der Waals surface area contributed by atoms with Gasteiger partial charge in [-0.1, -0.05) is 17.7 Å². The van der Waals surface area contributed by atoms with Crippen LogP contribution in [0.15, 0.2) is 23.6 Å². The summed E-state index contributed by atoms with van der Waals surface area (Å²) in [5.41, 5.74) is 5.02. The van der Waals surface area contributed by atoms with Crippen molar-refractivity contribution in [1.29, 1.82) is 0 Å². The van der Waals surface area contributed by atoms with Gasteiger partial charge >= 0.3 is 0 Å². The molecule has 0 atom stereocenters. The minimum Gasteiger partial charge on any atom is -0.314 e. The fourth-order valence-electron chi connectivity index (χ4n) is 2.75. The van der Waals surface area contributed by atoms with Gasteiger partial charge in [-0.05, 0) is 25.5 Å². The molecule has 0 radical (unpaired) electrons. The Morgan fingerprint density at radius 1 is 1.17 bits per heavy atom. The number of nitrogens with zero attached hydrogens (tertiary/aromatic N) is 2. The summed E-state index contributed by atoms with van der Waals surface area (Å²) in [6, 6.07) is 6.59. The molecule has 0 aliphatic carbocycles. The lowest BCUT2D eigenvalue weighted by Gasteiger charge is -2.26. The maximum Gasteiger partial charge on any atom is 0.0945 e. The number of benzene rings is 1. The van der Waals surface area contributed by atoms with Gasteiger partial charge in [0, 0.05) is 50.1 Å². The third kappa shape index (κ3) is 5.44. The summed E-state index contributed by atoms with van der Waals surface area (Å²) in [7, 11) is 0. The number of nitrogens with one attached hydrogen (secondary N) is 1. The maximum atomic E-state index is 4.84. The van der Waals surface area contributed by atoms with Gasteiger partial charge in [-0.2, -0.15) is 0 Å². The van der Waals surface area contributed by atoms with Crippen LogP contribution in [0.4, 0.5) is 0 Å². The van der Waals surface area contributed by atoms with Crippen molar-refractivity contribution >= 4 is 36.2 Å². The summed E-state index contributed by atoms with van der Waals surface area (Å²) < 4.78 is 0. The molecule has 1 aromatic carbocycles. The first kappa shape index (κ1) is 20.4. The quantitative estimate of drug-likeness (QED) is 0.884. The molecule has 2 aromatic rings. The predicted molar refractivity (Wildman–Crippen MR) is 105 cm³/mol. The van der Waals surface area contributed by atoms with E-state index in [1.54, 1.807) is 11.3 Å². The van der Waals surface area contributed by atoms with Crippen molar-refractivity contribution in [2.75, 3.05) is 32.7 Å². The van der Waals surface area contributed by atoms with E-state index in [2.05, 4.69) is 47.6 Å². The molecule has 0 spiro atoms. The number of hydrogen-bond acceptors (Lipinski definition) is 4. The van der Waals surface area contributed by atoms with Crippen LogP contribution in [0, 0.1) is 13.8 Å². The normalized spacial score (nSPS) is 14.9. The van der Waals surface area contributed by atoms with E-state index < -0.39 is 0 Å². The second-order valence-corrected chi connectivity index (χ2v) is 6.73. The van der Waals surface area contributed by atoms with Gasteiger partial charge in [0.15, 0.2) is 0 Å². The van der Waals surface area contributed by atoms with E-state index in [0.717, 1.165) is 44.8 Å². The first-order valence-corrected chi connectivity index (χ1v) is 8.55. The second-order valence-electron chi connectivity index (χ2n) is 5.79. The number of halogens is 2. The topological polar surface area (TPSA) is 28.2 Å². The van der Waals surface area contributed by atoms with Crippen molar-refractivity contribution in [2.45, 2.75) is 20.3 Å². The van der Waals surface area contributed by atoms with Crippen LogP contribution in [-0.4, -0.2) is 42.6 Å². The van der Waals surface area contributed by atoms with Gasteiger partial charge in [-0.15, -0.1) is 36.2 Å². The molecule has 3 nitrogen and oxygen atoms in total. The van der Waals surface area contributed by atoms with Crippen LogP contribution in [0.1, 0.15) is 16.1 Å². The molecule has 6 heteroatoms. The van der Waals surface area contributed by atoms with E-state index in [0.29, 0.717) is 0 Å². The fourth-order valence-corrected chi connectivity index (χ4v) is 3.54. The Morgan fingerprint density at radius 3 is 2.65 bits per heavy atom. The van der Waals surface area contributed by atoms with E-state index in [1.807, 2.05) is 0 Å². The lowest BCUT2D eigenvalue weighted by molar-refractivity contribution is 0.244. The lowest BCUT2D eigenvalue weighted by atomic mass is 10.0. The van der Waals surface area contributed by atoms with Crippen LogP contribution in [0.3, 0.4) is 0 Å². The van der Waals surface area contributed by atoms with E-state index in [1.165, 1.54) is 21.7 Å². The van der Waals surface area contributed by atoms with E-state index in [4.69, 9.17) is 4.98 Å². The maximum absolute atomic E-state index is 4.84. The van der Waals surface area contributed by atoms with Crippen molar-refractivity contribution in [2.24, 2.45) is 0 Å². The summed E-state index contributed by atoms with van der Waals surface area (Å²) in [6.07, 6.45) is 1.07. The van der Waals surface area contributed by atoms with Crippen LogP contribution < -0.4 is 5.32 Å². The summed E-state index contributed by atoms with van der Waals surface area (Å²) in [4.78, 5) is 7.37. The Morgan fingerprint density at radius 2 is 1.91 bits per heavy atom. The number of aromatic nitrogens is 1. The zero-order chi connectivity index (χ0) is 14.7. The fraction of sp³-hybridized carbons (Fsp3) is 0.471. The number of thiazole rings is 1. The molecule has 1 saturated heterocycles. The van der Waals surface area contributed by atoms with Gasteiger partial charge in [-0.3, -0.25) is 0 Å². The van der Waals surface area contributed by atoms with Crippen LogP contribution >= 0.6 is 36.2 Å². The molecule has 1 aliphatic rings. The monoisotopic (exact) mass is 373 g/mol. The smallest absolute Gasteiger partial charge is 0.0945 e. The Hall–Kier alpha value is -0.650. The standard InChI is InChI=1S/C17H23N3S.2ClH/c1-13-3-4-14(2)15(11-13)16-12-21-17(19-16)5-8-20-9-6-18-7-10-20;;/h3-4,11-12,18H,5-10H2,1-2H3;2*1H. The van der Waals surface area contributed by atoms with Crippen LogP contribution in [0.5, 0.6) is 0 Å². The summed E-state index contributed by atoms with van der Waals surface area (Å²) in [6.45, 7) is 9.98. The molecule has 1 aliphatic heterocycles. The van der Waals surface area contributed by atoms with Crippen molar-refractivity contribution in [3.8, 4) is 11.3 Å². The zero-order valence-electron chi connectivity index (χ0n) is 13.7. The van der Waals surface area contributed by atoms with Crippen molar-refractivity contribution in [3.63, 3.8) is 0 Å². The highest BCUT2D eigenvalue weighted by Crippen LogP contribution is 2.26. The van der Waals surface area contributed by atoms with Gasteiger partial charge in [0.1, 0.15) is 0 Å². The van der Waals surface area contributed by atoms with Gasteiger partial charge < -0.3 is 10.2 Å². The van der Waals surface area contributed by atoms with E-state index in [9.17, 15) is 0 Å². The molecule has 0 bridgehead atoms. The highest BCUT2D eigenvalue weighted by atomic mass is 35.5. The van der Waals surface area contributed by atoms with Crippen LogP contribution in [0.25, 0.3) is 11.3 Å². The number of hydrogen-bond donors (Lipinski definition) is 1. The predicted octanol–water partition coefficient (Wildman–Crippen LogP) is 3.72. The Labute approximate surface area is 155 Å².